The second kappa shape index (κ2) is 4.92. The number of ether oxygens (including phenoxy) is 1. The minimum atomic E-state index is -0.603. The summed E-state index contributed by atoms with van der Waals surface area (Å²) in [6, 6.07) is 9.69. The van der Waals surface area contributed by atoms with Gasteiger partial charge in [-0.15, -0.1) is 0 Å². The highest BCUT2D eigenvalue weighted by Gasteiger charge is 2.45. The number of carbonyl (C=O) groups excluding carboxylic acids is 2. The second-order valence-corrected chi connectivity index (χ2v) is 5.03. The molecule has 18 heavy (non-hydrogen) atoms. The quantitative estimate of drug-likeness (QED) is 0.595. The molecule has 0 aromatic heterocycles. The van der Waals surface area contributed by atoms with E-state index in [1.807, 2.05) is 37.3 Å². The Morgan fingerprint density at radius 2 is 2.00 bits per heavy atom. The molecule has 2 atom stereocenters. The monoisotopic (exact) mass is 246 g/mol. The Morgan fingerprint density at radius 3 is 2.61 bits per heavy atom. The smallest absolute Gasteiger partial charge is 0.316 e. The summed E-state index contributed by atoms with van der Waals surface area (Å²) in [5.41, 5.74) is 0.432. The predicted molar refractivity (Wildman–Crippen MR) is 68.2 cm³/mol. The molecule has 2 rings (SSSR count). The van der Waals surface area contributed by atoms with Crippen molar-refractivity contribution in [3.63, 3.8) is 0 Å². The van der Waals surface area contributed by atoms with Crippen LogP contribution in [0.25, 0.3) is 0 Å². The van der Waals surface area contributed by atoms with Gasteiger partial charge in [-0.2, -0.15) is 0 Å². The van der Waals surface area contributed by atoms with Crippen molar-refractivity contribution in [3.8, 4) is 0 Å². The summed E-state index contributed by atoms with van der Waals surface area (Å²) in [6.07, 6.45) is 2.27. The first-order valence-electron chi connectivity index (χ1n) is 6.27. The van der Waals surface area contributed by atoms with Crippen LogP contribution >= 0.6 is 0 Å². The molecular formula is C15H18O3. The minimum Gasteiger partial charge on any atom is -0.468 e. The minimum absolute atomic E-state index is 0.00759. The molecule has 1 fully saturated rings. The van der Waals surface area contributed by atoms with Gasteiger partial charge in [0.25, 0.3) is 0 Å². The molecular weight excluding hydrogens is 228 g/mol. The van der Waals surface area contributed by atoms with Gasteiger partial charge in [0, 0.05) is 0 Å². The van der Waals surface area contributed by atoms with Crippen molar-refractivity contribution in [1.29, 1.82) is 0 Å². The van der Waals surface area contributed by atoms with E-state index in [2.05, 4.69) is 0 Å². The maximum Gasteiger partial charge on any atom is 0.316 e. The fraction of sp³-hybridized carbons (Fsp3) is 0.467. The van der Waals surface area contributed by atoms with E-state index in [0.717, 1.165) is 18.4 Å². The molecule has 1 saturated carbocycles. The standard InChI is InChI=1S/C15H18O3/c1-15(11-7-4-3-5-8-11)10-6-9-12(13(15)16)14(17)18-2/h3-5,7-8,12H,6,9-10H2,1-2H3/t12-,15-/m0/s1. The fourth-order valence-electron chi connectivity index (χ4n) is 2.76. The van der Waals surface area contributed by atoms with Crippen LogP contribution in [0.4, 0.5) is 0 Å². The van der Waals surface area contributed by atoms with Crippen LogP contribution in [0.3, 0.4) is 0 Å². The van der Waals surface area contributed by atoms with E-state index in [1.54, 1.807) is 0 Å². The number of hydrogen-bond acceptors (Lipinski definition) is 3. The predicted octanol–water partition coefficient (Wildman–Crippen LogP) is 2.49. The van der Waals surface area contributed by atoms with E-state index in [4.69, 9.17) is 4.74 Å². The number of ketones is 1. The van der Waals surface area contributed by atoms with Crippen LogP contribution in [0, 0.1) is 5.92 Å². The summed E-state index contributed by atoms with van der Waals surface area (Å²) >= 11 is 0. The third-order valence-corrected chi connectivity index (χ3v) is 3.93. The maximum atomic E-state index is 12.5. The molecule has 0 spiro atoms. The molecule has 1 aromatic rings. The van der Waals surface area contributed by atoms with Gasteiger partial charge in [-0.1, -0.05) is 36.8 Å². The van der Waals surface area contributed by atoms with Crippen LogP contribution in [0.5, 0.6) is 0 Å². The van der Waals surface area contributed by atoms with Gasteiger partial charge >= 0.3 is 5.97 Å². The lowest BCUT2D eigenvalue weighted by Gasteiger charge is -2.35. The number of rotatable bonds is 2. The fourth-order valence-corrected chi connectivity index (χ4v) is 2.76. The molecule has 0 aliphatic heterocycles. The molecule has 0 radical (unpaired) electrons. The molecule has 0 bridgehead atoms. The summed E-state index contributed by atoms with van der Waals surface area (Å²) in [5, 5.41) is 0. The van der Waals surface area contributed by atoms with Gasteiger partial charge in [0.2, 0.25) is 0 Å². The van der Waals surface area contributed by atoms with Crippen molar-refractivity contribution in [1.82, 2.24) is 0 Å². The molecule has 96 valence electrons. The first-order chi connectivity index (χ1) is 8.59. The Morgan fingerprint density at radius 1 is 1.33 bits per heavy atom. The molecule has 0 unspecified atom stereocenters. The average Bonchev–Trinajstić information content (AvgIpc) is 2.42. The third-order valence-electron chi connectivity index (χ3n) is 3.93. The van der Waals surface area contributed by atoms with Crippen molar-refractivity contribution >= 4 is 11.8 Å². The van der Waals surface area contributed by atoms with Gasteiger partial charge in [-0.3, -0.25) is 9.59 Å². The van der Waals surface area contributed by atoms with E-state index in [-0.39, 0.29) is 5.78 Å². The van der Waals surface area contributed by atoms with Crippen molar-refractivity contribution in [2.75, 3.05) is 7.11 Å². The van der Waals surface area contributed by atoms with Crippen LogP contribution in [0.15, 0.2) is 30.3 Å². The molecule has 1 aromatic carbocycles. The largest absolute Gasteiger partial charge is 0.468 e. The zero-order chi connectivity index (χ0) is 13.2. The Balaban J connectivity index is 2.33. The molecule has 3 heteroatoms. The summed E-state index contributed by atoms with van der Waals surface area (Å²) in [4.78, 5) is 24.2. The van der Waals surface area contributed by atoms with E-state index in [0.29, 0.717) is 6.42 Å². The number of Topliss-reactive ketones (excluding diaryl/α,β-unsaturated/α-hetero) is 1. The molecule has 0 heterocycles. The van der Waals surface area contributed by atoms with E-state index >= 15 is 0 Å². The van der Waals surface area contributed by atoms with Crippen LogP contribution in [-0.2, 0) is 19.7 Å². The Kier molecular flexibility index (Phi) is 3.50. The molecule has 0 amide bonds. The van der Waals surface area contributed by atoms with Crippen LogP contribution in [-0.4, -0.2) is 18.9 Å². The molecule has 1 aliphatic rings. The molecule has 0 N–H and O–H groups in total. The van der Waals surface area contributed by atoms with Gasteiger partial charge in [-0.05, 0) is 25.3 Å². The van der Waals surface area contributed by atoms with Crippen molar-refractivity contribution in [2.24, 2.45) is 5.92 Å². The number of carbonyl (C=O) groups is 2. The third kappa shape index (κ3) is 2.05. The van der Waals surface area contributed by atoms with Crippen LogP contribution < -0.4 is 0 Å². The summed E-state index contributed by atoms with van der Waals surface area (Å²) in [6.45, 7) is 1.93. The molecule has 3 nitrogen and oxygen atoms in total. The van der Waals surface area contributed by atoms with Crippen LogP contribution in [0.1, 0.15) is 31.7 Å². The average molecular weight is 246 g/mol. The Hall–Kier alpha value is -1.64. The molecule has 1 aliphatic carbocycles. The SMILES string of the molecule is COC(=O)[C@H]1CCC[C@@](C)(c2ccccc2)C1=O. The van der Waals surface area contributed by atoms with Gasteiger partial charge in [0.1, 0.15) is 5.92 Å². The lowest BCUT2D eigenvalue weighted by molar-refractivity contribution is -0.152. The van der Waals surface area contributed by atoms with Crippen molar-refractivity contribution in [3.05, 3.63) is 35.9 Å². The highest BCUT2D eigenvalue weighted by Crippen LogP contribution is 2.39. The van der Waals surface area contributed by atoms with Crippen molar-refractivity contribution in [2.45, 2.75) is 31.6 Å². The lowest BCUT2D eigenvalue weighted by atomic mass is 9.66. The van der Waals surface area contributed by atoms with E-state index in [1.165, 1.54) is 7.11 Å². The summed E-state index contributed by atoms with van der Waals surface area (Å²) in [5.74, 6) is -1.01. The number of hydrogen-bond donors (Lipinski definition) is 0. The highest BCUT2D eigenvalue weighted by atomic mass is 16.5. The number of benzene rings is 1. The Labute approximate surface area is 107 Å². The first kappa shape index (κ1) is 12.8. The second-order valence-electron chi connectivity index (χ2n) is 5.03. The first-order valence-corrected chi connectivity index (χ1v) is 6.27. The van der Waals surface area contributed by atoms with E-state index in [9.17, 15) is 9.59 Å². The number of methoxy groups -OCH3 is 1. The highest BCUT2D eigenvalue weighted by molar-refractivity contribution is 6.05. The summed E-state index contributed by atoms with van der Waals surface area (Å²) < 4.78 is 4.73. The van der Waals surface area contributed by atoms with Gasteiger partial charge < -0.3 is 4.74 Å². The zero-order valence-corrected chi connectivity index (χ0v) is 10.8. The van der Waals surface area contributed by atoms with Gasteiger partial charge in [-0.25, -0.2) is 0 Å². The maximum absolute atomic E-state index is 12.5. The van der Waals surface area contributed by atoms with Crippen LogP contribution in [0.2, 0.25) is 0 Å². The van der Waals surface area contributed by atoms with E-state index < -0.39 is 17.3 Å². The Bertz CT molecular complexity index is 452. The lowest BCUT2D eigenvalue weighted by Crippen LogP contribution is -2.44. The van der Waals surface area contributed by atoms with Gasteiger partial charge in [0.05, 0.1) is 12.5 Å². The van der Waals surface area contributed by atoms with Gasteiger partial charge in [0.15, 0.2) is 5.78 Å². The zero-order valence-electron chi connectivity index (χ0n) is 10.8. The number of esters is 1. The van der Waals surface area contributed by atoms with Crippen molar-refractivity contribution < 1.29 is 14.3 Å². The topological polar surface area (TPSA) is 43.4 Å². The molecule has 0 saturated heterocycles. The summed E-state index contributed by atoms with van der Waals surface area (Å²) in [7, 11) is 1.34. The normalized spacial score (nSPS) is 27.9.